The number of carbonyl (C=O) groups is 2. The molecular formula is C16H28N2O2. The highest BCUT2D eigenvalue weighted by atomic mass is 16.2. The number of likely N-dealkylation sites (tertiary alicyclic amines) is 1. The van der Waals surface area contributed by atoms with Gasteiger partial charge in [-0.15, -0.1) is 0 Å². The summed E-state index contributed by atoms with van der Waals surface area (Å²) in [5.74, 6) is 0.146. The van der Waals surface area contributed by atoms with Crippen LogP contribution >= 0.6 is 0 Å². The van der Waals surface area contributed by atoms with Crippen LogP contribution in [0.5, 0.6) is 0 Å². The minimum absolute atomic E-state index is 0.0790. The highest BCUT2D eigenvalue weighted by Crippen LogP contribution is 2.29. The van der Waals surface area contributed by atoms with Crippen LogP contribution in [-0.4, -0.2) is 35.8 Å². The van der Waals surface area contributed by atoms with Crippen LogP contribution < -0.4 is 5.32 Å². The molecule has 2 rings (SSSR count). The molecule has 0 aromatic rings. The first-order valence-electron chi connectivity index (χ1n) is 8.29. The summed E-state index contributed by atoms with van der Waals surface area (Å²) < 4.78 is 0. The Morgan fingerprint density at radius 1 is 1.25 bits per heavy atom. The minimum Gasteiger partial charge on any atom is -0.356 e. The Labute approximate surface area is 122 Å². The van der Waals surface area contributed by atoms with Gasteiger partial charge in [-0.1, -0.05) is 39.0 Å². The number of rotatable bonds is 7. The third kappa shape index (κ3) is 3.97. The van der Waals surface area contributed by atoms with E-state index in [9.17, 15) is 9.59 Å². The molecule has 1 saturated heterocycles. The number of nitrogens with zero attached hydrogens (tertiary/aromatic N) is 1. The van der Waals surface area contributed by atoms with E-state index in [-0.39, 0.29) is 17.7 Å². The third-order valence-corrected chi connectivity index (χ3v) is 4.62. The summed E-state index contributed by atoms with van der Waals surface area (Å²) in [6.45, 7) is 3.58. The molecule has 1 N–H and O–H groups in total. The lowest BCUT2D eigenvalue weighted by Crippen LogP contribution is -2.37. The maximum atomic E-state index is 12.1. The van der Waals surface area contributed by atoms with Gasteiger partial charge in [0.1, 0.15) is 0 Å². The van der Waals surface area contributed by atoms with Gasteiger partial charge in [-0.25, -0.2) is 0 Å². The summed E-state index contributed by atoms with van der Waals surface area (Å²) in [6.07, 6.45) is 9.77. The van der Waals surface area contributed by atoms with Crippen molar-refractivity contribution in [1.82, 2.24) is 10.2 Å². The van der Waals surface area contributed by atoms with E-state index in [1.165, 1.54) is 32.1 Å². The topological polar surface area (TPSA) is 49.4 Å². The predicted molar refractivity (Wildman–Crippen MR) is 79.2 cm³/mol. The molecule has 4 heteroatoms. The van der Waals surface area contributed by atoms with Crippen molar-refractivity contribution in [3.63, 3.8) is 0 Å². The zero-order chi connectivity index (χ0) is 14.4. The zero-order valence-corrected chi connectivity index (χ0v) is 12.7. The first kappa shape index (κ1) is 15.3. The van der Waals surface area contributed by atoms with Crippen LogP contribution in [0.3, 0.4) is 0 Å². The summed E-state index contributed by atoms with van der Waals surface area (Å²) in [4.78, 5) is 26.1. The first-order valence-corrected chi connectivity index (χ1v) is 8.29. The van der Waals surface area contributed by atoms with E-state index >= 15 is 0 Å². The molecule has 1 aliphatic carbocycles. The van der Waals surface area contributed by atoms with E-state index in [1.807, 2.05) is 4.90 Å². The van der Waals surface area contributed by atoms with E-state index in [2.05, 4.69) is 12.2 Å². The molecule has 1 atom stereocenters. The van der Waals surface area contributed by atoms with E-state index in [1.54, 1.807) is 0 Å². The predicted octanol–water partition coefficient (Wildman–Crippen LogP) is 2.47. The minimum atomic E-state index is -0.116. The first-order chi connectivity index (χ1) is 9.72. The molecule has 0 spiro atoms. The van der Waals surface area contributed by atoms with Gasteiger partial charge < -0.3 is 10.2 Å². The van der Waals surface area contributed by atoms with Crippen LogP contribution in [0.1, 0.15) is 64.7 Å². The van der Waals surface area contributed by atoms with Gasteiger partial charge in [0.25, 0.3) is 0 Å². The van der Waals surface area contributed by atoms with Crippen LogP contribution in [0.4, 0.5) is 0 Å². The van der Waals surface area contributed by atoms with Gasteiger partial charge in [-0.2, -0.15) is 0 Å². The van der Waals surface area contributed by atoms with E-state index < -0.39 is 0 Å². The van der Waals surface area contributed by atoms with Gasteiger partial charge in [-0.05, 0) is 19.3 Å². The van der Waals surface area contributed by atoms with Crippen molar-refractivity contribution in [2.24, 2.45) is 5.92 Å². The molecule has 2 fully saturated rings. The molecule has 0 aromatic heterocycles. The Bertz CT molecular complexity index is 337. The number of unbranched alkanes of at least 4 members (excludes halogenated alkanes) is 3. The van der Waals surface area contributed by atoms with Crippen LogP contribution in [0, 0.1) is 5.92 Å². The van der Waals surface area contributed by atoms with Crippen molar-refractivity contribution in [2.75, 3.05) is 13.1 Å². The Morgan fingerprint density at radius 3 is 2.70 bits per heavy atom. The SMILES string of the molecule is CCCCCCNC(=O)[C@H]1CC(=O)N(C2CCCC2)C1. The zero-order valence-electron chi connectivity index (χ0n) is 12.7. The van der Waals surface area contributed by atoms with Crippen molar-refractivity contribution in [1.29, 1.82) is 0 Å². The molecule has 1 heterocycles. The fraction of sp³-hybridized carbons (Fsp3) is 0.875. The largest absolute Gasteiger partial charge is 0.356 e. The molecule has 1 aliphatic heterocycles. The Morgan fingerprint density at radius 2 is 2.00 bits per heavy atom. The van der Waals surface area contributed by atoms with Crippen LogP contribution in [0.15, 0.2) is 0 Å². The molecule has 1 saturated carbocycles. The number of amides is 2. The average Bonchev–Trinajstić information content (AvgIpc) is 3.07. The van der Waals surface area contributed by atoms with Crippen LogP contribution in [0.2, 0.25) is 0 Å². The van der Waals surface area contributed by atoms with Gasteiger partial charge in [0, 0.05) is 25.6 Å². The number of nitrogens with one attached hydrogen (secondary N) is 1. The quantitative estimate of drug-likeness (QED) is 0.728. The second-order valence-electron chi connectivity index (χ2n) is 6.24. The van der Waals surface area contributed by atoms with Crippen LogP contribution in [-0.2, 0) is 9.59 Å². The molecule has 0 unspecified atom stereocenters. The van der Waals surface area contributed by atoms with Crippen LogP contribution in [0.25, 0.3) is 0 Å². The number of hydrogen-bond acceptors (Lipinski definition) is 2. The van der Waals surface area contributed by atoms with Crippen molar-refractivity contribution in [2.45, 2.75) is 70.8 Å². The Kier molecular flexibility index (Phi) is 5.86. The summed E-state index contributed by atoms with van der Waals surface area (Å²) in [5, 5.41) is 3.00. The normalized spacial score (nSPS) is 23.6. The molecule has 2 aliphatic rings. The number of hydrogen-bond donors (Lipinski definition) is 1. The van der Waals surface area contributed by atoms with Gasteiger partial charge in [0.2, 0.25) is 11.8 Å². The van der Waals surface area contributed by atoms with E-state index in [0.29, 0.717) is 19.0 Å². The molecule has 0 aromatic carbocycles. The number of carbonyl (C=O) groups excluding carboxylic acids is 2. The standard InChI is InChI=1S/C16H28N2O2/c1-2-3-4-7-10-17-16(20)13-11-15(19)18(12-13)14-8-5-6-9-14/h13-14H,2-12H2,1H3,(H,17,20)/t13-/m0/s1. The molecule has 0 radical (unpaired) electrons. The molecule has 114 valence electrons. The second kappa shape index (κ2) is 7.65. The Balaban J connectivity index is 1.70. The maximum absolute atomic E-state index is 12.1. The van der Waals surface area contributed by atoms with Gasteiger partial charge in [0.15, 0.2) is 0 Å². The monoisotopic (exact) mass is 280 g/mol. The summed E-state index contributed by atoms with van der Waals surface area (Å²) >= 11 is 0. The van der Waals surface area contributed by atoms with Gasteiger partial charge in [-0.3, -0.25) is 9.59 Å². The maximum Gasteiger partial charge on any atom is 0.225 e. The Hall–Kier alpha value is -1.06. The van der Waals surface area contributed by atoms with Crippen molar-refractivity contribution in [3.05, 3.63) is 0 Å². The lowest BCUT2D eigenvalue weighted by molar-refractivity contribution is -0.130. The summed E-state index contributed by atoms with van der Waals surface area (Å²) in [5.41, 5.74) is 0. The van der Waals surface area contributed by atoms with Crippen molar-refractivity contribution in [3.8, 4) is 0 Å². The van der Waals surface area contributed by atoms with Crippen molar-refractivity contribution >= 4 is 11.8 Å². The van der Waals surface area contributed by atoms with E-state index in [0.717, 1.165) is 25.8 Å². The van der Waals surface area contributed by atoms with Gasteiger partial charge in [0.05, 0.1) is 5.92 Å². The van der Waals surface area contributed by atoms with E-state index in [4.69, 9.17) is 0 Å². The molecular weight excluding hydrogens is 252 g/mol. The van der Waals surface area contributed by atoms with Gasteiger partial charge >= 0.3 is 0 Å². The average molecular weight is 280 g/mol. The van der Waals surface area contributed by atoms with Crippen molar-refractivity contribution < 1.29 is 9.59 Å². The molecule has 4 nitrogen and oxygen atoms in total. The lowest BCUT2D eigenvalue weighted by atomic mass is 10.1. The molecule has 20 heavy (non-hydrogen) atoms. The molecule has 2 amide bonds. The summed E-state index contributed by atoms with van der Waals surface area (Å²) in [6, 6.07) is 0.407. The fourth-order valence-electron chi connectivity index (χ4n) is 3.38. The lowest BCUT2D eigenvalue weighted by Gasteiger charge is -2.23. The summed E-state index contributed by atoms with van der Waals surface area (Å²) in [7, 11) is 0. The molecule has 0 bridgehead atoms. The fourth-order valence-corrected chi connectivity index (χ4v) is 3.38. The smallest absolute Gasteiger partial charge is 0.225 e. The highest BCUT2D eigenvalue weighted by Gasteiger charge is 2.38. The third-order valence-electron chi connectivity index (χ3n) is 4.62. The second-order valence-corrected chi connectivity index (χ2v) is 6.24. The highest BCUT2D eigenvalue weighted by molar-refractivity contribution is 5.89.